The Morgan fingerprint density at radius 2 is 0.778 bits per heavy atom. The maximum atomic E-state index is 2.93. The van der Waals surface area contributed by atoms with Gasteiger partial charge in [-0.05, 0) is 35.0 Å². The predicted molar refractivity (Wildman–Crippen MR) is 117 cm³/mol. The maximum Gasteiger partial charge on any atom is 0.308 e. The van der Waals surface area contributed by atoms with E-state index in [0.717, 1.165) is 13.1 Å². The zero-order valence-electron chi connectivity index (χ0n) is 18.5. The fourth-order valence-electron chi connectivity index (χ4n) is 4.87. The molecule has 3 heterocycles. The molecule has 3 fully saturated rings. The summed E-state index contributed by atoms with van der Waals surface area (Å²) in [5, 5.41) is 0. The second-order valence-corrected chi connectivity index (χ2v) is 11.8. The fourth-order valence-corrected chi connectivity index (χ4v) is 9.92. The average Bonchev–Trinajstić information content (AvgIpc) is 2.68. The molecule has 158 valence electrons. The highest BCUT2D eigenvalue weighted by Gasteiger charge is 2.61. The van der Waals surface area contributed by atoms with Gasteiger partial charge in [0.2, 0.25) is 0 Å². The third kappa shape index (κ3) is 4.51. The standard InChI is InChI=1S/C19H43N7P/c1-6-23(7-2)27(24-14-8-20(3)9-15-24,25-16-10-21(4)11-17-25)26-18-12-22(5)13-19-26/h6-19H2,1-5H3/q+1. The molecular formula is C19H43N7P+. The lowest BCUT2D eigenvalue weighted by atomic mass is 10.4. The summed E-state index contributed by atoms with van der Waals surface area (Å²) in [5.74, 6) is 0. The van der Waals surface area contributed by atoms with Crippen molar-refractivity contribution >= 4 is 7.87 Å². The van der Waals surface area contributed by atoms with Crippen LogP contribution in [0.15, 0.2) is 0 Å². The van der Waals surface area contributed by atoms with Crippen LogP contribution in [0.2, 0.25) is 0 Å². The third-order valence-electron chi connectivity index (χ3n) is 6.69. The quantitative estimate of drug-likeness (QED) is 0.606. The molecule has 0 aliphatic carbocycles. The molecule has 27 heavy (non-hydrogen) atoms. The number of piperazine rings is 3. The van der Waals surface area contributed by atoms with E-state index in [1.165, 1.54) is 78.5 Å². The molecule has 0 aromatic heterocycles. The molecule has 0 aromatic rings. The van der Waals surface area contributed by atoms with E-state index < -0.39 is 7.87 Å². The summed E-state index contributed by atoms with van der Waals surface area (Å²) in [7, 11) is 5.18. The van der Waals surface area contributed by atoms with Crippen LogP contribution < -0.4 is 0 Å². The lowest BCUT2D eigenvalue weighted by Gasteiger charge is -2.54. The normalized spacial score (nSPS) is 26.9. The number of nitrogens with zero attached hydrogens (tertiary/aromatic N) is 7. The minimum Gasteiger partial charge on any atom is -0.304 e. The van der Waals surface area contributed by atoms with Crippen molar-refractivity contribution in [1.82, 2.24) is 33.4 Å². The summed E-state index contributed by atoms with van der Waals surface area (Å²) >= 11 is 0. The van der Waals surface area contributed by atoms with Gasteiger partial charge in [0, 0.05) is 52.4 Å². The summed E-state index contributed by atoms with van der Waals surface area (Å²) in [6, 6.07) is 0. The highest BCUT2D eigenvalue weighted by atomic mass is 31.2. The Balaban J connectivity index is 1.97. The van der Waals surface area contributed by atoms with E-state index in [4.69, 9.17) is 0 Å². The maximum absolute atomic E-state index is 2.93. The van der Waals surface area contributed by atoms with Crippen LogP contribution in [-0.2, 0) is 0 Å². The fraction of sp³-hybridized carbons (Fsp3) is 1.00. The lowest BCUT2D eigenvalue weighted by molar-refractivity contribution is 0.134. The van der Waals surface area contributed by atoms with Crippen molar-refractivity contribution in [2.24, 2.45) is 0 Å². The van der Waals surface area contributed by atoms with Gasteiger partial charge in [0.05, 0.1) is 39.3 Å². The first-order valence-corrected chi connectivity index (χ1v) is 12.6. The number of likely N-dealkylation sites (N-methyl/N-ethyl adjacent to an activating group) is 3. The Morgan fingerprint density at radius 1 is 0.519 bits per heavy atom. The van der Waals surface area contributed by atoms with Gasteiger partial charge in [-0.25, -0.2) is 0 Å². The van der Waals surface area contributed by atoms with E-state index in [1.54, 1.807) is 0 Å². The van der Waals surface area contributed by atoms with Crippen molar-refractivity contribution in [2.75, 3.05) is 113 Å². The first-order valence-electron chi connectivity index (χ1n) is 11.0. The van der Waals surface area contributed by atoms with Gasteiger partial charge < -0.3 is 14.7 Å². The van der Waals surface area contributed by atoms with E-state index in [2.05, 4.69) is 68.4 Å². The van der Waals surface area contributed by atoms with E-state index in [-0.39, 0.29) is 0 Å². The number of hydrogen-bond donors (Lipinski definition) is 0. The highest BCUT2D eigenvalue weighted by Crippen LogP contribution is 2.70. The van der Waals surface area contributed by atoms with E-state index in [0.29, 0.717) is 0 Å². The molecule has 0 bridgehead atoms. The molecule has 3 saturated heterocycles. The Morgan fingerprint density at radius 3 is 1.00 bits per heavy atom. The van der Waals surface area contributed by atoms with Crippen molar-refractivity contribution in [2.45, 2.75) is 13.8 Å². The summed E-state index contributed by atoms with van der Waals surface area (Å²) < 4.78 is 11.6. The average molecular weight is 401 g/mol. The van der Waals surface area contributed by atoms with Gasteiger partial charge in [0.25, 0.3) is 0 Å². The van der Waals surface area contributed by atoms with Gasteiger partial charge in [-0.15, -0.1) is 18.7 Å². The van der Waals surface area contributed by atoms with Crippen molar-refractivity contribution in [3.05, 3.63) is 0 Å². The molecular weight excluding hydrogens is 357 g/mol. The van der Waals surface area contributed by atoms with Gasteiger partial charge in [0.15, 0.2) is 0 Å². The third-order valence-corrected chi connectivity index (χ3v) is 11.5. The first kappa shape index (κ1) is 21.8. The predicted octanol–water partition coefficient (Wildman–Crippen LogP) is 0.748. The van der Waals surface area contributed by atoms with Gasteiger partial charge in [0.1, 0.15) is 0 Å². The SMILES string of the molecule is CCN(CC)[P+](N1CCN(C)CC1)(N1CCN(C)CC1)N1CCN(C)CC1. The Bertz CT molecular complexity index is 382. The topological polar surface area (TPSA) is 22.7 Å². The van der Waals surface area contributed by atoms with Crippen LogP contribution in [0.4, 0.5) is 0 Å². The number of hydrogen-bond acceptors (Lipinski definition) is 7. The van der Waals surface area contributed by atoms with Crippen LogP contribution in [0.3, 0.4) is 0 Å². The Kier molecular flexibility index (Phi) is 7.90. The van der Waals surface area contributed by atoms with Crippen LogP contribution in [0.1, 0.15) is 13.8 Å². The van der Waals surface area contributed by atoms with E-state index in [9.17, 15) is 0 Å². The van der Waals surface area contributed by atoms with Crippen molar-refractivity contribution < 1.29 is 0 Å². The zero-order chi connectivity index (χ0) is 19.4. The van der Waals surface area contributed by atoms with Crippen molar-refractivity contribution in [1.29, 1.82) is 0 Å². The second kappa shape index (κ2) is 9.77. The van der Waals surface area contributed by atoms with Gasteiger partial charge in [-0.1, -0.05) is 0 Å². The Hall–Kier alpha value is 0.150. The van der Waals surface area contributed by atoms with Crippen LogP contribution in [0.5, 0.6) is 0 Å². The van der Waals surface area contributed by atoms with E-state index >= 15 is 0 Å². The van der Waals surface area contributed by atoms with Crippen LogP contribution in [0, 0.1) is 0 Å². The molecule has 0 N–H and O–H groups in total. The monoisotopic (exact) mass is 400 g/mol. The van der Waals surface area contributed by atoms with E-state index in [1.807, 2.05) is 0 Å². The molecule has 0 amide bonds. The summed E-state index contributed by atoms with van der Waals surface area (Å²) in [5.41, 5.74) is 0. The molecule has 0 atom stereocenters. The molecule has 3 aliphatic heterocycles. The smallest absolute Gasteiger partial charge is 0.304 e. The summed E-state index contributed by atoms with van der Waals surface area (Å²) in [4.78, 5) is 7.50. The molecule has 0 spiro atoms. The zero-order valence-corrected chi connectivity index (χ0v) is 19.4. The van der Waals surface area contributed by atoms with Gasteiger partial charge >= 0.3 is 7.87 Å². The van der Waals surface area contributed by atoms with Crippen molar-refractivity contribution in [3.8, 4) is 0 Å². The molecule has 0 unspecified atom stereocenters. The highest BCUT2D eigenvalue weighted by molar-refractivity contribution is 7.66. The Labute approximate surface area is 168 Å². The number of rotatable bonds is 6. The molecule has 3 aliphatic rings. The molecule has 3 rings (SSSR count). The molecule has 7 nitrogen and oxygen atoms in total. The van der Waals surface area contributed by atoms with Crippen LogP contribution in [0.25, 0.3) is 0 Å². The lowest BCUT2D eigenvalue weighted by Crippen LogP contribution is -2.61. The second-order valence-electron chi connectivity index (χ2n) is 8.45. The summed E-state index contributed by atoms with van der Waals surface area (Å²) in [6.07, 6.45) is 0. The largest absolute Gasteiger partial charge is 0.308 e. The van der Waals surface area contributed by atoms with Crippen molar-refractivity contribution in [3.63, 3.8) is 0 Å². The minimum absolute atomic E-state index is 1.15. The molecule has 0 radical (unpaired) electrons. The van der Waals surface area contributed by atoms with Crippen LogP contribution >= 0.6 is 7.87 Å². The molecule has 8 heteroatoms. The van der Waals surface area contributed by atoms with Gasteiger partial charge in [-0.3, -0.25) is 0 Å². The molecule has 0 saturated carbocycles. The first-order chi connectivity index (χ1) is 13.0. The molecule has 0 aromatic carbocycles. The van der Waals surface area contributed by atoms with Crippen LogP contribution in [-0.4, -0.2) is 146 Å². The minimum atomic E-state index is -1.66. The van der Waals surface area contributed by atoms with Gasteiger partial charge in [-0.2, -0.15) is 0 Å². The summed E-state index contributed by atoms with van der Waals surface area (Å²) in [6.45, 7) is 21.5.